The van der Waals surface area contributed by atoms with Gasteiger partial charge in [0.2, 0.25) is 5.89 Å². The fraction of sp³-hybridized carbons (Fsp3) is 0.722. The maximum Gasteiger partial charge on any atom is 0.228 e. The van der Waals surface area contributed by atoms with Crippen LogP contribution >= 0.6 is 0 Å². The molecule has 3 heterocycles. The maximum absolute atomic E-state index is 5.30. The first-order valence-electron chi connectivity index (χ1n) is 9.42. The zero-order chi connectivity index (χ0) is 17.6. The summed E-state index contributed by atoms with van der Waals surface area (Å²) >= 11 is 0. The standard InChI is InChI=1S/C18H30N6O/c1-4-19-18(20-9-7-16-21-17(14(2)3)22-25-16)24-12-8-15(13-24)23-10-5-6-11-23/h5-6,14-15H,4,7-13H2,1-3H3,(H,19,20). The maximum atomic E-state index is 5.30. The first kappa shape index (κ1) is 17.9. The quantitative estimate of drug-likeness (QED) is 0.480. The van der Waals surface area contributed by atoms with Gasteiger partial charge in [0, 0.05) is 51.1 Å². The molecule has 0 aromatic carbocycles. The van der Waals surface area contributed by atoms with Crippen molar-refractivity contribution in [2.45, 2.75) is 45.6 Å². The molecule has 1 fully saturated rings. The Morgan fingerprint density at radius 1 is 1.40 bits per heavy atom. The fourth-order valence-electron chi connectivity index (χ4n) is 3.31. The molecular weight excluding hydrogens is 316 g/mol. The highest BCUT2D eigenvalue weighted by molar-refractivity contribution is 5.80. The molecule has 1 saturated heterocycles. The van der Waals surface area contributed by atoms with E-state index in [1.807, 2.05) is 0 Å². The van der Waals surface area contributed by atoms with Crippen molar-refractivity contribution in [3.8, 4) is 0 Å². The molecule has 1 unspecified atom stereocenters. The van der Waals surface area contributed by atoms with E-state index in [4.69, 9.17) is 9.52 Å². The monoisotopic (exact) mass is 346 g/mol. The summed E-state index contributed by atoms with van der Waals surface area (Å²) in [4.78, 5) is 14.1. The number of hydrogen-bond acceptors (Lipinski definition) is 5. The summed E-state index contributed by atoms with van der Waals surface area (Å²) < 4.78 is 5.30. The minimum Gasteiger partial charge on any atom is -0.357 e. The van der Waals surface area contributed by atoms with Crippen LogP contribution in [0.15, 0.2) is 21.7 Å². The summed E-state index contributed by atoms with van der Waals surface area (Å²) in [5.74, 6) is 2.74. The number of aliphatic imine (C=N–C) groups is 1. The summed E-state index contributed by atoms with van der Waals surface area (Å²) in [6.45, 7) is 12.1. The van der Waals surface area contributed by atoms with Gasteiger partial charge in [-0.05, 0) is 13.3 Å². The SMILES string of the molecule is CCNC(=NCCc1nc(C(C)C)no1)N1CCC(N2CC=CC2)C1. The van der Waals surface area contributed by atoms with Crippen molar-refractivity contribution in [3.05, 3.63) is 23.9 Å². The molecule has 1 aromatic heterocycles. The molecule has 0 saturated carbocycles. The lowest BCUT2D eigenvalue weighted by Crippen LogP contribution is -2.43. The fourth-order valence-corrected chi connectivity index (χ4v) is 3.31. The van der Waals surface area contributed by atoms with Gasteiger partial charge in [-0.3, -0.25) is 9.89 Å². The highest BCUT2D eigenvalue weighted by Crippen LogP contribution is 2.18. The van der Waals surface area contributed by atoms with Crippen LogP contribution in [0.25, 0.3) is 0 Å². The van der Waals surface area contributed by atoms with Gasteiger partial charge in [0.15, 0.2) is 11.8 Å². The highest BCUT2D eigenvalue weighted by atomic mass is 16.5. The molecule has 0 aliphatic carbocycles. The van der Waals surface area contributed by atoms with Crippen LogP contribution in [-0.4, -0.2) is 71.2 Å². The molecule has 138 valence electrons. The third-order valence-electron chi connectivity index (χ3n) is 4.75. The average molecular weight is 346 g/mol. The van der Waals surface area contributed by atoms with E-state index in [1.54, 1.807) is 0 Å². The van der Waals surface area contributed by atoms with Crippen molar-refractivity contribution < 1.29 is 4.52 Å². The lowest BCUT2D eigenvalue weighted by Gasteiger charge is -2.25. The van der Waals surface area contributed by atoms with Crippen LogP contribution in [0.5, 0.6) is 0 Å². The van der Waals surface area contributed by atoms with Crippen molar-refractivity contribution in [3.63, 3.8) is 0 Å². The average Bonchev–Trinajstić information content (AvgIpc) is 3.33. The Hall–Kier alpha value is -1.89. The van der Waals surface area contributed by atoms with Crippen LogP contribution < -0.4 is 5.32 Å². The normalized spacial score (nSPS) is 21.7. The van der Waals surface area contributed by atoms with Crippen molar-refractivity contribution in [1.82, 2.24) is 25.3 Å². The minimum absolute atomic E-state index is 0.292. The predicted molar refractivity (Wildman–Crippen MR) is 98.8 cm³/mol. The van der Waals surface area contributed by atoms with E-state index >= 15 is 0 Å². The van der Waals surface area contributed by atoms with Crippen molar-refractivity contribution in [1.29, 1.82) is 0 Å². The van der Waals surface area contributed by atoms with E-state index in [2.05, 4.69) is 58.2 Å². The number of likely N-dealkylation sites (tertiary alicyclic amines) is 1. The number of guanidine groups is 1. The van der Waals surface area contributed by atoms with Crippen molar-refractivity contribution in [2.75, 3.05) is 39.3 Å². The second-order valence-corrected chi connectivity index (χ2v) is 7.00. The molecule has 2 aliphatic rings. The largest absolute Gasteiger partial charge is 0.357 e. The van der Waals surface area contributed by atoms with E-state index in [0.717, 1.165) is 44.5 Å². The van der Waals surface area contributed by atoms with Crippen LogP contribution in [0.4, 0.5) is 0 Å². The summed E-state index contributed by atoms with van der Waals surface area (Å²) in [7, 11) is 0. The number of aromatic nitrogens is 2. The molecule has 0 amide bonds. The molecule has 7 heteroatoms. The smallest absolute Gasteiger partial charge is 0.228 e. The van der Waals surface area contributed by atoms with Gasteiger partial charge in [-0.2, -0.15) is 4.98 Å². The van der Waals surface area contributed by atoms with Gasteiger partial charge in [-0.25, -0.2) is 0 Å². The van der Waals surface area contributed by atoms with Crippen LogP contribution in [0, 0.1) is 0 Å². The lowest BCUT2D eigenvalue weighted by atomic mass is 10.2. The second-order valence-electron chi connectivity index (χ2n) is 7.00. The number of hydrogen-bond donors (Lipinski definition) is 1. The topological polar surface area (TPSA) is 69.8 Å². The summed E-state index contributed by atoms with van der Waals surface area (Å²) in [5, 5.41) is 7.43. The zero-order valence-corrected chi connectivity index (χ0v) is 15.6. The van der Waals surface area contributed by atoms with Crippen LogP contribution in [0.2, 0.25) is 0 Å². The molecule has 1 aromatic rings. The highest BCUT2D eigenvalue weighted by Gasteiger charge is 2.29. The van der Waals surface area contributed by atoms with E-state index in [-0.39, 0.29) is 0 Å². The molecule has 1 N–H and O–H groups in total. The molecule has 2 aliphatic heterocycles. The second kappa shape index (κ2) is 8.47. The van der Waals surface area contributed by atoms with E-state index in [9.17, 15) is 0 Å². The van der Waals surface area contributed by atoms with Gasteiger partial charge >= 0.3 is 0 Å². The Labute approximate surface area is 150 Å². The predicted octanol–water partition coefficient (Wildman–Crippen LogP) is 1.65. The summed E-state index contributed by atoms with van der Waals surface area (Å²) in [6, 6.07) is 0.628. The molecule has 3 rings (SSSR count). The molecule has 0 radical (unpaired) electrons. The van der Waals surface area contributed by atoms with E-state index in [0.29, 0.717) is 30.8 Å². The third kappa shape index (κ3) is 4.60. The van der Waals surface area contributed by atoms with Crippen LogP contribution in [-0.2, 0) is 6.42 Å². The molecule has 25 heavy (non-hydrogen) atoms. The zero-order valence-electron chi connectivity index (χ0n) is 15.6. The minimum atomic E-state index is 0.292. The Kier molecular flexibility index (Phi) is 6.07. The van der Waals surface area contributed by atoms with Gasteiger partial charge in [-0.1, -0.05) is 31.2 Å². The molecular formula is C18H30N6O. The first-order chi connectivity index (χ1) is 12.2. The lowest BCUT2D eigenvalue weighted by molar-refractivity contribution is 0.259. The number of nitrogens with zero attached hydrogens (tertiary/aromatic N) is 5. The van der Waals surface area contributed by atoms with Gasteiger partial charge in [0.1, 0.15) is 0 Å². The number of nitrogens with one attached hydrogen (secondary N) is 1. The Morgan fingerprint density at radius 2 is 2.20 bits per heavy atom. The third-order valence-corrected chi connectivity index (χ3v) is 4.75. The Bertz CT molecular complexity index is 600. The number of rotatable bonds is 6. The van der Waals surface area contributed by atoms with Crippen molar-refractivity contribution in [2.24, 2.45) is 4.99 Å². The molecule has 1 atom stereocenters. The Morgan fingerprint density at radius 3 is 2.88 bits per heavy atom. The molecule has 0 spiro atoms. The van der Waals surface area contributed by atoms with Gasteiger partial charge < -0.3 is 14.7 Å². The summed E-state index contributed by atoms with van der Waals surface area (Å²) in [5.41, 5.74) is 0. The van der Waals surface area contributed by atoms with Gasteiger partial charge in [0.05, 0.1) is 6.54 Å². The van der Waals surface area contributed by atoms with E-state index in [1.165, 1.54) is 6.42 Å². The van der Waals surface area contributed by atoms with Gasteiger partial charge in [-0.15, -0.1) is 0 Å². The summed E-state index contributed by atoms with van der Waals surface area (Å²) in [6.07, 6.45) is 6.41. The van der Waals surface area contributed by atoms with Crippen LogP contribution in [0.1, 0.15) is 44.8 Å². The van der Waals surface area contributed by atoms with Crippen LogP contribution in [0.3, 0.4) is 0 Å². The van der Waals surface area contributed by atoms with E-state index < -0.39 is 0 Å². The molecule has 7 nitrogen and oxygen atoms in total. The van der Waals surface area contributed by atoms with Crippen molar-refractivity contribution >= 4 is 5.96 Å². The first-order valence-corrected chi connectivity index (χ1v) is 9.42. The molecule has 0 bridgehead atoms. The van der Waals surface area contributed by atoms with Gasteiger partial charge in [0.25, 0.3) is 0 Å². The Balaban J connectivity index is 1.53.